The highest BCUT2D eigenvalue weighted by atomic mass is 19.1. The third-order valence-electron chi connectivity index (χ3n) is 7.20. The highest BCUT2D eigenvalue weighted by molar-refractivity contribution is 6.13. The van der Waals surface area contributed by atoms with Gasteiger partial charge in [-0.1, -0.05) is 72.8 Å². The van der Waals surface area contributed by atoms with Crippen molar-refractivity contribution in [2.24, 2.45) is 7.05 Å². The monoisotopic (exact) mass is 523 g/mol. The number of hydrogen-bond donors (Lipinski definition) is 0. The van der Waals surface area contributed by atoms with Crippen molar-refractivity contribution in [2.45, 2.75) is 6.92 Å². The van der Waals surface area contributed by atoms with E-state index in [1.165, 1.54) is 6.07 Å². The van der Waals surface area contributed by atoms with Crippen LogP contribution in [0.2, 0.25) is 0 Å². The minimum atomic E-state index is -0.459. The molecule has 0 aliphatic heterocycles. The van der Waals surface area contributed by atoms with Crippen molar-refractivity contribution < 1.29 is 13.4 Å². The second-order valence-electron chi connectivity index (χ2n) is 9.77. The Kier molecular flexibility index (Phi) is 5.67. The summed E-state index contributed by atoms with van der Waals surface area (Å²) in [5.74, 6) is 0.687. The predicted molar refractivity (Wildman–Crippen MR) is 155 cm³/mol. The highest BCUT2D eigenvalue weighted by Gasteiger charge is 2.25. The molecule has 7 rings (SSSR count). The van der Waals surface area contributed by atoms with Crippen LogP contribution in [-0.2, 0) is 7.05 Å². The molecule has 0 radical (unpaired) electrons. The molecular formula is C34H24FN4O+. The van der Waals surface area contributed by atoms with Gasteiger partial charge in [0.15, 0.2) is 23.7 Å². The molecule has 192 valence electrons. The minimum absolute atomic E-state index is 0.214. The number of furan rings is 1. The largest absolute Gasteiger partial charge is 0.454 e. The molecule has 40 heavy (non-hydrogen) atoms. The molecule has 3 heterocycles. The minimum Gasteiger partial charge on any atom is -0.454 e. The lowest BCUT2D eigenvalue weighted by atomic mass is 10.00. The summed E-state index contributed by atoms with van der Waals surface area (Å²) in [5.41, 5.74) is 5.98. The Bertz CT molecular complexity index is 1980. The van der Waals surface area contributed by atoms with Gasteiger partial charge >= 0.3 is 0 Å². The number of halogens is 1. The van der Waals surface area contributed by atoms with Gasteiger partial charge in [0, 0.05) is 34.0 Å². The molecule has 7 aromatic rings. The van der Waals surface area contributed by atoms with Crippen molar-refractivity contribution in [3.8, 4) is 45.4 Å². The molecule has 0 aliphatic rings. The van der Waals surface area contributed by atoms with E-state index in [1.807, 2.05) is 92.1 Å². The second kappa shape index (κ2) is 9.50. The zero-order valence-corrected chi connectivity index (χ0v) is 22.0. The molecule has 0 saturated carbocycles. The molecule has 5 nitrogen and oxygen atoms in total. The molecule has 0 amide bonds. The quantitative estimate of drug-likeness (QED) is 0.222. The summed E-state index contributed by atoms with van der Waals surface area (Å²) in [6, 6.07) is 32.7. The third-order valence-corrected chi connectivity index (χ3v) is 7.20. The summed E-state index contributed by atoms with van der Waals surface area (Å²) < 4.78 is 24.4. The lowest BCUT2D eigenvalue weighted by molar-refractivity contribution is -0.660. The first-order chi connectivity index (χ1) is 19.6. The SMILES string of the molecule is Cc1ccc2c(oc3c(-c4nc(-c5ccccc5)nc(-c5ccccc5)n4)c(F)ccc32)c1-c1cccc[n+]1C. The predicted octanol–water partition coefficient (Wildman–Crippen LogP) is 7.71. The van der Waals surface area contributed by atoms with Gasteiger partial charge in [0.2, 0.25) is 5.69 Å². The molecule has 0 aliphatic carbocycles. The topological polar surface area (TPSA) is 55.7 Å². The van der Waals surface area contributed by atoms with Crippen LogP contribution in [0.15, 0.2) is 114 Å². The molecule has 0 bridgehead atoms. The van der Waals surface area contributed by atoms with Gasteiger partial charge in [-0.2, -0.15) is 0 Å². The molecule has 0 fully saturated rings. The fourth-order valence-electron chi connectivity index (χ4n) is 5.21. The standard InChI is InChI=1S/C34H24FN4O/c1-21-16-17-24-25-18-19-26(35)29(31(25)40-30(24)28(21)27-15-9-10-20-39(27)2)34-37-32(22-11-5-3-6-12-22)36-33(38-34)23-13-7-4-8-14-23/h3-20H,1-2H3/q+1. The van der Waals surface area contributed by atoms with Gasteiger partial charge < -0.3 is 4.42 Å². The van der Waals surface area contributed by atoms with E-state index < -0.39 is 5.82 Å². The van der Waals surface area contributed by atoms with Crippen LogP contribution in [0.1, 0.15) is 5.56 Å². The van der Waals surface area contributed by atoms with Crippen molar-refractivity contribution in [1.29, 1.82) is 0 Å². The first kappa shape index (κ1) is 23.9. The molecule has 3 aromatic heterocycles. The normalized spacial score (nSPS) is 11.4. The molecule has 6 heteroatoms. The van der Waals surface area contributed by atoms with Gasteiger partial charge in [-0.3, -0.25) is 0 Å². The maximum Gasteiger partial charge on any atom is 0.216 e. The third kappa shape index (κ3) is 3.93. The molecule has 0 N–H and O–H groups in total. The van der Waals surface area contributed by atoms with E-state index in [0.29, 0.717) is 22.8 Å². The van der Waals surface area contributed by atoms with Crippen LogP contribution in [0.5, 0.6) is 0 Å². The number of nitrogens with zero attached hydrogens (tertiary/aromatic N) is 4. The Morgan fingerprint density at radius 2 is 1.15 bits per heavy atom. The van der Waals surface area contributed by atoms with Gasteiger partial charge in [0.25, 0.3) is 0 Å². The molecule has 0 spiro atoms. The lowest BCUT2D eigenvalue weighted by Crippen LogP contribution is -2.30. The summed E-state index contributed by atoms with van der Waals surface area (Å²) in [5, 5.41) is 1.70. The summed E-state index contributed by atoms with van der Waals surface area (Å²) in [7, 11) is 2.00. The Labute approximate surface area is 230 Å². The fraction of sp³-hybridized carbons (Fsp3) is 0.0588. The maximum atomic E-state index is 15.8. The number of benzene rings is 4. The Morgan fingerprint density at radius 1 is 0.600 bits per heavy atom. The smallest absolute Gasteiger partial charge is 0.216 e. The van der Waals surface area contributed by atoms with Crippen molar-refractivity contribution in [3.63, 3.8) is 0 Å². The molecule has 0 saturated heterocycles. The van der Waals surface area contributed by atoms with Gasteiger partial charge in [-0.25, -0.2) is 23.9 Å². The molecular weight excluding hydrogens is 499 g/mol. The number of aryl methyl sites for hydroxylation is 2. The maximum absolute atomic E-state index is 15.8. The Hall–Kier alpha value is -5.23. The fourth-order valence-corrected chi connectivity index (χ4v) is 5.21. The Balaban J connectivity index is 1.54. The molecule has 0 unspecified atom stereocenters. The first-order valence-corrected chi connectivity index (χ1v) is 13.0. The van der Waals surface area contributed by atoms with Crippen LogP contribution >= 0.6 is 0 Å². The van der Waals surface area contributed by atoms with E-state index >= 15 is 4.39 Å². The second-order valence-corrected chi connectivity index (χ2v) is 9.77. The van der Waals surface area contributed by atoms with Gasteiger partial charge in [-0.15, -0.1) is 0 Å². The Morgan fingerprint density at radius 3 is 1.77 bits per heavy atom. The van der Waals surface area contributed by atoms with Crippen molar-refractivity contribution >= 4 is 21.9 Å². The summed E-state index contributed by atoms with van der Waals surface area (Å²) in [6.07, 6.45) is 2.00. The van der Waals surface area contributed by atoms with Crippen molar-refractivity contribution in [1.82, 2.24) is 15.0 Å². The van der Waals surface area contributed by atoms with Crippen LogP contribution in [0.3, 0.4) is 0 Å². The van der Waals surface area contributed by atoms with Gasteiger partial charge in [-0.05, 0) is 30.7 Å². The number of aromatic nitrogens is 4. The van der Waals surface area contributed by atoms with E-state index in [4.69, 9.17) is 19.4 Å². The zero-order chi connectivity index (χ0) is 27.2. The lowest BCUT2D eigenvalue weighted by Gasteiger charge is -2.09. The average molecular weight is 524 g/mol. The van der Waals surface area contributed by atoms with Crippen LogP contribution in [0.25, 0.3) is 67.4 Å². The van der Waals surface area contributed by atoms with Gasteiger partial charge in [0.1, 0.15) is 24.0 Å². The van der Waals surface area contributed by atoms with Crippen LogP contribution in [0, 0.1) is 12.7 Å². The molecule has 0 atom stereocenters. The van der Waals surface area contributed by atoms with E-state index in [2.05, 4.69) is 23.6 Å². The summed E-state index contributed by atoms with van der Waals surface area (Å²) in [4.78, 5) is 14.3. The number of rotatable bonds is 4. The summed E-state index contributed by atoms with van der Waals surface area (Å²) >= 11 is 0. The summed E-state index contributed by atoms with van der Waals surface area (Å²) in [6.45, 7) is 2.06. The molecule has 4 aromatic carbocycles. The van der Waals surface area contributed by atoms with E-state index in [-0.39, 0.29) is 11.4 Å². The van der Waals surface area contributed by atoms with Gasteiger partial charge in [0.05, 0.1) is 11.1 Å². The zero-order valence-electron chi connectivity index (χ0n) is 22.0. The average Bonchev–Trinajstić information content (AvgIpc) is 3.36. The van der Waals surface area contributed by atoms with Crippen LogP contribution in [0.4, 0.5) is 4.39 Å². The van der Waals surface area contributed by atoms with Crippen LogP contribution in [-0.4, -0.2) is 15.0 Å². The van der Waals surface area contributed by atoms with Crippen molar-refractivity contribution in [2.75, 3.05) is 0 Å². The number of pyridine rings is 1. The highest BCUT2D eigenvalue weighted by Crippen LogP contribution is 2.41. The van der Waals surface area contributed by atoms with E-state index in [9.17, 15) is 0 Å². The van der Waals surface area contributed by atoms with E-state index in [1.54, 1.807) is 6.07 Å². The first-order valence-electron chi connectivity index (χ1n) is 13.0. The number of hydrogen-bond acceptors (Lipinski definition) is 4. The van der Waals surface area contributed by atoms with E-state index in [0.717, 1.165) is 38.7 Å². The van der Waals surface area contributed by atoms with Crippen molar-refractivity contribution in [3.05, 3.63) is 121 Å². The van der Waals surface area contributed by atoms with Crippen LogP contribution < -0.4 is 4.57 Å². The number of fused-ring (bicyclic) bond motifs is 3.